The van der Waals surface area contributed by atoms with Crippen molar-refractivity contribution in [1.82, 2.24) is 10.2 Å². The SMILES string of the molecule is CC(Cl)c1nnc(C2CC2)s1. The van der Waals surface area contributed by atoms with Crippen molar-refractivity contribution in [3.63, 3.8) is 0 Å². The van der Waals surface area contributed by atoms with Gasteiger partial charge >= 0.3 is 0 Å². The standard InChI is InChI=1S/C7H9ClN2S/c1-4(8)6-9-10-7(11-6)5-2-3-5/h4-5H,2-3H2,1H3. The van der Waals surface area contributed by atoms with Gasteiger partial charge in [0.2, 0.25) is 0 Å². The Bertz CT molecular complexity index is 238. The molecule has 0 aromatic carbocycles. The Hall–Kier alpha value is -0.150. The summed E-state index contributed by atoms with van der Waals surface area (Å²) < 4.78 is 0. The summed E-state index contributed by atoms with van der Waals surface area (Å²) in [6, 6.07) is 0. The maximum Gasteiger partial charge on any atom is 0.135 e. The van der Waals surface area contributed by atoms with E-state index in [0.717, 1.165) is 5.01 Å². The van der Waals surface area contributed by atoms with Crippen LogP contribution in [0.5, 0.6) is 0 Å². The molecular formula is C7H9ClN2S. The van der Waals surface area contributed by atoms with Gasteiger partial charge in [-0.3, -0.25) is 0 Å². The molecule has 60 valence electrons. The highest BCUT2D eigenvalue weighted by atomic mass is 35.5. The molecule has 1 aromatic heterocycles. The van der Waals surface area contributed by atoms with E-state index in [9.17, 15) is 0 Å². The van der Waals surface area contributed by atoms with Gasteiger partial charge in [0.05, 0.1) is 5.38 Å². The summed E-state index contributed by atoms with van der Waals surface area (Å²) in [5.41, 5.74) is 0. The second-order valence-corrected chi connectivity index (χ2v) is 4.56. The van der Waals surface area contributed by atoms with Crippen LogP contribution in [0.4, 0.5) is 0 Å². The van der Waals surface area contributed by atoms with Crippen molar-refractivity contribution < 1.29 is 0 Å². The van der Waals surface area contributed by atoms with E-state index in [4.69, 9.17) is 11.6 Å². The Morgan fingerprint density at radius 1 is 1.55 bits per heavy atom. The molecule has 1 heterocycles. The summed E-state index contributed by atoms with van der Waals surface area (Å²) in [5.74, 6) is 0.705. The Labute approximate surface area is 74.6 Å². The van der Waals surface area contributed by atoms with Crippen molar-refractivity contribution in [3.8, 4) is 0 Å². The predicted molar refractivity (Wildman–Crippen MR) is 46.2 cm³/mol. The molecular weight excluding hydrogens is 180 g/mol. The quantitative estimate of drug-likeness (QED) is 0.667. The van der Waals surface area contributed by atoms with Gasteiger partial charge in [-0.15, -0.1) is 21.8 Å². The molecule has 1 aliphatic carbocycles. The van der Waals surface area contributed by atoms with Crippen molar-refractivity contribution in [2.45, 2.75) is 31.1 Å². The highest BCUT2D eigenvalue weighted by Gasteiger charge is 2.27. The van der Waals surface area contributed by atoms with Gasteiger partial charge in [0.1, 0.15) is 10.0 Å². The average Bonchev–Trinajstić information content (AvgIpc) is 2.68. The summed E-state index contributed by atoms with van der Waals surface area (Å²) in [6.45, 7) is 1.93. The van der Waals surface area contributed by atoms with Crippen LogP contribution >= 0.6 is 22.9 Å². The molecule has 0 radical (unpaired) electrons. The molecule has 0 aliphatic heterocycles. The minimum atomic E-state index is 0.0139. The second-order valence-electron chi connectivity index (χ2n) is 2.87. The van der Waals surface area contributed by atoms with E-state index in [1.54, 1.807) is 11.3 Å². The van der Waals surface area contributed by atoms with Crippen molar-refractivity contribution in [3.05, 3.63) is 10.0 Å². The zero-order valence-electron chi connectivity index (χ0n) is 6.25. The van der Waals surface area contributed by atoms with Gasteiger partial charge in [-0.1, -0.05) is 11.3 Å². The molecule has 0 spiro atoms. The van der Waals surface area contributed by atoms with Gasteiger partial charge < -0.3 is 0 Å². The van der Waals surface area contributed by atoms with Crippen LogP contribution in [0.1, 0.15) is 41.1 Å². The molecule has 1 aromatic rings. The fraction of sp³-hybridized carbons (Fsp3) is 0.714. The fourth-order valence-electron chi connectivity index (χ4n) is 0.903. The van der Waals surface area contributed by atoms with E-state index in [1.807, 2.05) is 6.92 Å². The minimum absolute atomic E-state index is 0.0139. The number of aromatic nitrogens is 2. The van der Waals surface area contributed by atoms with E-state index in [1.165, 1.54) is 17.8 Å². The van der Waals surface area contributed by atoms with Crippen LogP contribution in [0.3, 0.4) is 0 Å². The number of nitrogens with zero attached hydrogens (tertiary/aromatic N) is 2. The fourth-order valence-corrected chi connectivity index (χ4v) is 2.02. The lowest BCUT2D eigenvalue weighted by atomic mass is 10.5. The molecule has 0 saturated heterocycles. The molecule has 0 N–H and O–H groups in total. The summed E-state index contributed by atoms with van der Waals surface area (Å²) >= 11 is 7.51. The second kappa shape index (κ2) is 2.72. The molecule has 2 rings (SSSR count). The van der Waals surface area contributed by atoms with Crippen LogP contribution in [0.2, 0.25) is 0 Å². The highest BCUT2D eigenvalue weighted by Crippen LogP contribution is 2.42. The molecule has 1 atom stereocenters. The van der Waals surface area contributed by atoms with Gasteiger partial charge in [-0.05, 0) is 19.8 Å². The highest BCUT2D eigenvalue weighted by molar-refractivity contribution is 7.11. The van der Waals surface area contributed by atoms with E-state index in [2.05, 4.69) is 10.2 Å². The lowest BCUT2D eigenvalue weighted by Crippen LogP contribution is -1.80. The van der Waals surface area contributed by atoms with E-state index in [-0.39, 0.29) is 5.38 Å². The first-order valence-corrected chi connectivity index (χ1v) is 5.00. The number of rotatable bonds is 2. The van der Waals surface area contributed by atoms with E-state index in [0.29, 0.717) is 5.92 Å². The maximum absolute atomic E-state index is 5.85. The number of hydrogen-bond donors (Lipinski definition) is 0. The summed E-state index contributed by atoms with van der Waals surface area (Å²) in [7, 11) is 0. The van der Waals surface area contributed by atoms with Crippen LogP contribution in [0, 0.1) is 0 Å². The Morgan fingerprint density at radius 2 is 2.27 bits per heavy atom. The Morgan fingerprint density at radius 3 is 2.73 bits per heavy atom. The summed E-state index contributed by atoms with van der Waals surface area (Å²) in [5, 5.41) is 10.2. The summed E-state index contributed by atoms with van der Waals surface area (Å²) in [6.07, 6.45) is 2.57. The van der Waals surface area contributed by atoms with Crippen molar-refractivity contribution in [2.75, 3.05) is 0 Å². The average molecular weight is 189 g/mol. The summed E-state index contributed by atoms with van der Waals surface area (Å²) in [4.78, 5) is 0. The van der Waals surface area contributed by atoms with Crippen molar-refractivity contribution in [1.29, 1.82) is 0 Å². The maximum atomic E-state index is 5.85. The van der Waals surface area contributed by atoms with E-state index >= 15 is 0 Å². The third-order valence-electron chi connectivity index (χ3n) is 1.72. The Balaban J connectivity index is 2.18. The lowest BCUT2D eigenvalue weighted by Gasteiger charge is -1.90. The topological polar surface area (TPSA) is 25.8 Å². The smallest absolute Gasteiger partial charge is 0.135 e. The van der Waals surface area contributed by atoms with Gasteiger partial charge in [-0.2, -0.15) is 0 Å². The van der Waals surface area contributed by atoms with E-state index < -0.39 is 0 Å². The van der Waals surface area contributed by atoms with Gasteiger partial charge in [-0.25, -0.2) is 0 Å². The van der Waals surface area contributed by atoms with Crippen LogP contribution in [-0.4, -0.2) is 10.2 Å². The molecule has 1 unspecified atom stereocenters. The van der Waals surface area contributed by atoms with Crippen LogP contribution in [-0.2, 0) is 0 Å². The monoisotopic (exact) mass is 188 g/mol. The van der Waals surface area contributed by atoms with Crippen LogP contribution in [0.15, 0.2) is 0 Å². The molecule has 2 nitrogen and oxygen atoms in total. The minimum Gasteiger partial charge on any atom is -0.143 e. The zero-order valence-corrected chi connectivity index (χ0v) is 7.82. The predicted octanol–water partition coefficient (Wildman–Crippen LogP) is 2.72. The van der Waals surface area contributed by atoms with Crippen molar-refractivity contribution >= 4 is 22.9 Å². The number of halogens is 1. The zero-order chi connectivity index (χ0) is 7.84. The first-order chi connectivity index (χ1) is 5.27. The lowest BCUT2D eigenvalue weighted by molar-refractivity contribution is 0.919. The molecule has 1 saturated carbocycles. The molecule has 1 fully saturated rings. The van der Waals surface area contributed by atoms with Gasteiger partial charge in [0.15, 0.2) is 0 Å². The van der Waals surface area contributed by atoms with Crippen LogP contribution < -0.4 is 0 Å². The first kappa shape index (κ1) is 7.50. The largest absolute Gasteiger partial charge is 0.143 e. The third-order valence-corrected chi connectivity index (χ3v) is 3.33. The first-order valence-electron chi connectivity index (χ1n) is 3.74. The van der Waals surface area contributed by atoms with Crippen molar-refractivity contribution in [2.24, 2.45) is 0 Å². The van der Waals surface area contributed by atoms with Crippen LogP contribution in [0.25, 0.3) is 0 Å². The number of hydrogen-bond acceptors (Lipinski definition) is 3. The Kier molecular flexibility index (Phi) is 1.85. The number of alkyl halides is 1. The molecule has 0 bridgehead atoms. The normalized spacial score (nSPS) is 20.2. The van der Waals surface area contributed by atoms with Gasteiger partial charge in [0, 0.05) is 5.92 Å². The molecule has 0 amide bonds. The molecule has 4 heteroatoms. The van der Waals surface area contributed by atoms with Gasteiger partial charge in [0.25, 0.3) is 0 Å². The third kappa shape index (κ3) is 1.54. The molecule has 11 heavy (non-hydrogen) atoms. The molecule has 1 aliphatic rings.